The smallest absolute Gasteiger partial charge is 0.203 e. The number of ether oxygens (including phenoxy) is 4. The van der Waals surface area contributed by atoms with E-state index in [9.17, 15) is 0 Å². The van der Waals surface area contributed by atoms with E-state index in [1.807, 2.05) is 12.1 Å². The number of rotatable bonds is 7. The van der Waals surface area contributed by atoms with E-state index in [1.165, 1.54) is 12.8 Å². The first-order chi connectivity index (χ1) is 10.2. The highest BCUT2D eigenvalue weighted by molar-refractivity contribution is 9.09. The first kappa shape index (κ1) is 16.4. The number of methoxy groups -OCH3 is 3. The fourth-order valence-electron chi connectivity index (χ4n) is 2.73. The van der Waals surface area contributed by atoms with Crippen molar-refractivity contribution in [3.8, 4) is 17.2 Å². The fraction of sp³-hybridized carbons (Fsp3) is 0.625. The Labute approximate surface area is 134 Å². The van der Waals surface area contributed by atoms with Crippen molar-refractivity contribution in [1.29, 1.82) is 0 Å². The molecule has 0 aliphatic carbocycles. The molecule has 1 aliphatic rings. The van der Waals surface area contributed by atoms with Gasteiger partial charge in [-0.05, 0) is 31.7 Å². The van der Waals surface area contributed by atoms with Gasteiger partial charge in [0.1, 0.15) is 0 Å². The summed E-state index contributed by atoms with van der Waals surface area (Å²) >= 11 is 3.76. The third kappa shape index (κ3) is 3.83. The fourth-order valence-corrected chi connectivity index (χ4v) is 3.36. The van der Waals surface area contributed by atoms with E-state index in [4.69, 9.17) is 18.9 Å². The summed E-state index contributed by atoms with van der Waals surface area (Å²) in [7, 11) is 4.90. The number of alkyl halides is 1. The van der Waals surface area contributed by atoms with Crippen molar-refractivity contribution in [1.82, 2.24) is 0 Å². The third-order valence-electron chi connectivity index (χ3n) is 3.84. The Hall–Kier alpha value is -0.940. The number of hydrogen-bond acceptors (Lipinski definition) is 4. The molecule has 1 aromatic carbocycles. The van der Waals surface area contributed by atoms with Gasteiger partial charge >= 0.3 is 0 Å². The standard InChI is InChI=1S/C16H23BrO4/c1-18-14-9-7-12(15(19-2)16(14)20-3)13(17)8-6-11-5-4-10-21-11/h7,9,11,13H,4-6,8,10H2,1-3H3. The highest BCUT2D eigenvalue weighted by atomic mass is 79.9. The summed E-state index contributed by atoms with van der Waals surface area (Å²) in [5.74, 6) is 2.04. The Morgan fingerprint density at radius 1 is 1.19 bits per heavy atom. The molecule has 0 saturated carbocycles. The number of halogens is 1. The molecule has 4 nitrogen and oxygen atoms in total. The van der Waals surface area contributed by atoms with Crippen LogP contribution in [0.4, 0.5) is 0 Å². The van der Waals surface area contributed by atoms with Gasteiger partial charge in [-0.1, -0.05) is 22.0 Å². The zero-order valence-electron chi connectivity index (χ0n) is 12.9. The molecule has 1 aromatic rings. The molecule has 2 atom stereocenters. The van der Waals surface area contributed by atoms with Crippen molar-refractivity contribution in [2.45, 2.75) is 36.6 Å². The van der Waals surface area contributed by atoms with Gasteiger partial charge in [-0.3, -0.25) is 0 Å². The van der Waals surface area contributed by atoms with Gasteiger partial charge in [-0.25, -0.2) is 0 Å². The molecule has 5 heteroatoms. The average Bonchev–Trinajstić information content (AvgIpc) is 3.04. The molecule has 21 heavy (non-hydrogen) atoms. The molecule has 0 amide bonds. The molecule has 0 bridgehead atoms. The predicted molar refractivity (Wildman–Crippen MR) is 86.0 cm³/mol. The molecule has 0 N–H and O–H groups in total. The molecule has 2 rings (SSSR count). The lowest BCUT2D eigenvalue weighted by Crippen LogP contribution is -2.07. The molecular weight excluding hydrogens is 336 g/mol. The van der Waals surface area contributed by atoms with Crippen LogP contribution in [0, 0.1) is 0 Å². The van der Waals surface area contributed by atoms with Crippen LogP contribution < -0.4 is 14.2 Å². The summed E-state index contributed by atoms with van der Waals surface area (Å²) in [4.78, 5) is 0.205. The molecule has 0 radical (unpaired) electrons. The van der Waals surface area contributed by atoms with Gasteiger partial charge in [-0.2, -0.15) is 0 Å². The van der Waals surface area contributed by atoms with Crippen LogP contribution in [-0.2, 0) is 4.74 Å². The van der Waals surface area contributed by atoms with Gasteiger partial charge in [-0.15, -0.1) is 0 Å². The summed E-state index contributed by atoms with van der Waals surface area (Å²) in [5, 5.41) is 0. The van der Waals surface area contributed by atoms with Gasteiger partial charge < -0.3 is 18.9 Å². The lowest BCUT2D eigenvalue weighted by atomic mass is 10.0. The summed E-state index contributed by atoms with van der Waals surface area (Å²) in [5.41, 5.74) is 1.08. The topological polar surface area (TPSA) is 36.9 Å². The zero-order valence-corrected chi connectivity index (χ0v) is 14.4. The second-order valence-corrected chi connectivity index (χ2v) is 6.21. The van der Waals surface area contributed by atoms with Crippen LogP contribution in [0.3, 0.4) is 0 Å². The molecule has 0 aromatic heterocycles. The number of hydrogen-bond donors (Lipinski definition) is 0. The van der Waals surface area contributed by atoms with Crippen molar-refractivity contribution >= 4 is 15.9 Å². The molecule has 1 aliphatic heterocycles. The van der Waals surface area contributed by atoms with Crippen LogP contribution in [0.5, 0.6) is 17.2 Å². The maximum atomic E-state index is 5.68. The largest absolute Gasteiger partial charge is 0.493 e. The maximum Gasteiger partial charge on any atom is 0.203 e. The van der Waals surface area contributed by atoms with E-state index >= 15 is 0 Å². The normalized spacial score (nSPS) is 19.3. The lowest BCUT2D eigenvalue weighted by molar-refractivity contribution is 0.102. The Kier molecular flexibility index (Phi) is 6.18. The van der Waals surface area contributed by atoms with Crippen molar-refractivity contribution in [3.63, 3.8) is 0 Å². The lowest BCUT2D eigenvalue weighted by Gasteiger charge is -2.19. The highest BCUT2D eigenvalue weighted by Gasteiger charge is 2.22. The third-order valence-corrected chi connectivity index (χ3v) is 4.79. The summed E-state index contributed by atoms with van der Waals surface area (Å²) in [6.07, 6.45) is 4.79. The van der Waals surface area contributed by atoms with Crippen LogP contribution in [0.15, 0.2) is 12.1 Å². The van der Waals surface area contributed by atoms with Crippen LogP contribution in [0.1, 0.15) is 36.1 Å². The second-order valence-electron chi connectivity index (χ2n) is 5.10. The number of benzene rings is 1. The Morgan fingerprint density at radius 2 is 1.95 bits per heavy atom. The predicted octanol–water partition coefficient (Wildman–Crippen LogP) is 4.11. The van der Waals surface area contributed by atoms with E-state index in [0.29, 0.717) is 17.6 Å². The molecule has 0 spiro atoms. The van der Waals surface area contributed by atoms with Gasteiger partial charge in [0, 0.05) is 17.0 Å². The molecule has 118 valence electrons. The van der Waals surface area contributed by atoms with Crippen molar-refractivity contribution in [2.24, 2.45) is 0 Å². The second kappa shape index (κ2) is 7.90. The van der Waals surface area contributed by atoms with Crippen LogP contribution >= 0.6 is 15.9 Å². The molecule has 2 unspecified atom stereocenters. The van der Waals surface area contributed by atoms with E-state index in [-0.39, 0.29) is 4.83 Å². The van der Waals surface area contributed by atoms with E-state index < -0.39 is 0 Å². The highest BCUT2D eigenvalue weighted by Crippen LogP contribution is 2.45. The monoisotopic (exact) mass is 358 g/mol. The van der Waals surface area contributed by atoms with E-state index in [0.717, 1.165) is 30.8 Å². The SMILES string of the molecule is COc1ccc(C(Br)CCC2CCCO2)c(OC)c1OC. The van der Waals surface area contributed by atoms with Gasteiger partial charge in [0.05, 0.1) is 27.4 Å². The molecule has 1 fully saturated rings. The zero-order chi connectivity index (χ0) is 15.2. The Morgan fingerprint density at radius 3 is 2.52 bits per heavy atom. The van der Waals surface area contributed by atoms with Gasteiger partial charge in [0.15, 0.2) is 11.5 Å². The van der Waals surface area contributed by atoms with Crippen LogP contribution in [0.25, 0.3) is 0 Å². The minimum absolute atomic E-state index is 0.205. The van der Waals surface area contributed by atoms with Crippen LogP contribution in [-0.4, -0.2) is 34.0 Å². The first-order valence-corrected chi connectivity index (χ1v) is 8.17. The Balaban J connectivity index is 2.13. The quantitative estimate of drug-likeness (QED) is 0.687. The van der Waals surface area contributed by atoms with Crippen molar-refractivity contribution in [3.05, 3.63) is 17.7 Å². The van der Waals surface area contributed by atoms with Gasteiger partial charge in [0.2, 0.25) is 5.75 Å². The van der Waals surface area contributed by atoms with Gasteiger partial charge in [0.25, 0.3) is 0 Å². The Bertz CT molecular complexity index is 458. The average molecular weight is 359 g/mol. The van der Waals surface area contributed by atoms with E-state index in [2.05, 4.69) is 15.9 Å². The van der Waals surface area contributed by atoms with Crippen molar-refractivity contribution in [2.75, 3.05) is 27.9 Å². The minimum atomic E-state index is 0.205. The van der Waals surface area contributed by atoms with E-state index in [1.54, 1.807) is 21.3 Å². The van der Waals surface area contributed by atoms with Crippen LogP contribution in [0.2, 0.25) is 0 Å². The molecule has 1 heterocycles. The first-order valence-electron chi connectivity index (χ1n) is 7.25. The molecular formula is C16H23BrO4. The maximum absolute atomic E-state index is 5.68. The summed E-state index contributed by atoms with van der Waals surface area (Å²) in [6.45, 7) is 0.900. The van der Waals surface area contributed by atoms with Crippen molar-refractivity contribution < 1.29 is 18.9 Å². The summed E-state index contributed by atoms with van der Waals surface area (Å²) in [6, 6.07) is 3.94. The summed E-state index contributed by atoms with van der Waals surface area (Å²) < 4.78 is 22.0. The molecule has 1 saturated heterocycles. The minimum Gasteiger partial charge on any atom is -0.493 e.